The van der Waals surface area contributed by atoms with Crippen molar-refractivity contribution in [2.24, 2.45) is 0 Å². The van der Waals surface area contributed by atoms with Crippen molar-refractivity contribution < 1.29 is 4.79 Å². The maximum Gasteiger partial charge on any atom is 0.230 e. The van der Waals surface area contributed by atoms with Crippen LogP contribution in [0.5, 0.6) is 0 Å². The molecule has 3 aromatic rings. The number of amides is 1. The van der Waals surface area contributed by atoms with Crippen molar-refractivity contribution in [1.29, 1.82) is 0 Å². The smallest absolute Gasteiger partial charge is 0.230 e. The Balaban J connectivity index is 1.65. The van der Waals surface area contributed by atoms with E-state index in [0.29, 0.717) is 29.1 Å². The third-order valence-corrected chi connectivity index (χ3v) is 4.89. The van der Waals surface area contributed by atoms with Crippen LogP contribution in [-0.2, 0) is 17.9 Å². The summed E-state index contributed by atoms with van der Waals surface area (Å²) in [6, 6.07) is 11.2. The lowest BCUT2D eigenvalue weighted by molar-refractivity contribution is -0.118. The molecule has 3 rings (SSSR count). The second kappa shape index (κ2) is 9.34. The third kappa shape index (κ3) is 5.18. The quantitative estimate of drug-likeness (QED) is 0.463. The minimum atomic E-state index is -0.0787. The van der Waals surface area contributed by atoms with Crippen LogP contribution in [-0.4, -0.2) is 31.4 Å². The number of carbonyl (C=O) groups excluding carboxylic acids is 1. The minimum Gasteiger partial charge on any atom is -0.351 e. The topological polar surface area (TPSA) is 72.7 Å². The lowest BCUT2D eigenvalue weighted by Crippen LogP contribution is -2.24. The van der Waals surface area contributed by atoms with E-state index in [1.807, 2.05) is 41.0 Å². The molecular formula is C19H18ClN5OS. The summed E-state index contributed by atoms with van der Waals surface area (Å²) in [5.41, 5.74) is 1.86. The lowest BCUT2D eigenvalue weighted by atomic mass is 10.2. The summed E-state index contributed by atoms with van der Waals surface area (Å²) in [5.74, 6) is 0.880. The van der Waals surface area contributed by atoms with Gasteiger partial charge in [-0.1, -0.05) is 35.5 Å². The Morgan fingerprint density at radius 3 is 2.78 bits per heavy atom. The first-order chi connectivity index (χ1) is 13.2. The van der Waals surface area contributed by atoms with Gasteiger partial charge in [0.1, 0.15) is 0 Å². The van der Waals surface area contributed by atoms with Crippen LogP contribution in [0.3, 0.4) is 0 Å². The second-order valence-electron chi connectivity index (χ2n) is 5.64. The van der Waals surface area contributed by atoms with Crippen LogP contribution in [0.2, 0.25) is 5.02 Å². The molecule has 0 bridgehead atoms. The van der Waals surface area contributed by atoms with E-state index in [4.69, 9.17) is 11.6 Å². The Morgan fingerprint density at radius 2 is 2.07 bits per heavy atom. The van der Waals surface area contributed by atoms with E-state index in [-0.39, 0.29) is 11.7 Å². The van der Waals surface area contributed by atoms with Gasteiger partial charge in [-0.2, -0.15) is 0 Å². The molecule has 0 atom stereocenters. The average Bonchev–Trinajstić information content (AvgIpc) is 3.09. The number of benzene rings is 1. The van der Waals surface area contributed by atoms with Gasteiger partial charge in [0.25, 0.3) is 0 Å². The molecule has 27 heavy (non-hydrogen) atoms. The first kappa shape index (κ1) is 19.1. The van der Waals surface area contributed by atoms with Crippen LogP contribution < -0.4 is 5.32 Å². The Labute approximate surface area is 166 Å². The Bertz CT molecular complexity index is 912. The average molecular weight is 400 g/mol. The van der Waals surface area contributed by atoms with Crippen molar-refractivity contribution in [3.05, 3.63) is 72.0 Å². The molecule has 1 amide bonds. The van der Waals surface area contributed by atoms with Crippen molar-refractivity contribution in [3.63, 3.8) is 0 Å². The first-order valence-electron chi connectivity index (χ1n) is 8.26. The number of hydrogen-bond acceptors (Lipinski definition) is 5. The highest BCUT2D eigenvalue weighted by Gasteiger charge is 2.15. The zero-order valence-corrected chi connectivity index (χ0v) is 16.1. The van der Waals surface area contributed by atoms with Crippen LogP contribution in [0.1, 0.15) is 5.56 Å². The fraction of sp³-hybridized carbons (Fsp3) is 0.158. The Hall–Kier alpha value is -2.64. The van der Waals surface area contributed by atoms with Gasteiger partial charge in [0.2, 0.25) is 5.91 Å². The number of allylic oxidation sites excluding steroid dienone is 1. The standard InChI is InChI=1S/C19H18ClN5OS/c1-2-10-25-18(15-5-7-16(20)8-6-15)23-24-19(25)27-13-17(26)22-12-14-4-3-9-21-11-14/h2-9,11H,1,10,12-13H2,(H,22,26). The molecule has 0 unspecified atom stereocenters. The molecule has 1 aromatic carbocycles. The number of nitrogens with one attached hydrogen (secondary N) is 1. The summed E-state index contributed by atoms with van der Waals surface area (Å²) in [7, 11) is 0. The second-order valence-corrected chi connectivity index (χ2v) is 7.02. The van der Waals surface area contributed by atoms with Gasteiger partial charge in [-0.25, -0.2) is 0 Å². The zero-order valence-electron chi connectivity index (χ0n) is 14.5. The molecule has 2 heterocycles. The Kier molecular flexibility index (Phi) is 6.62. The van der Waals surface area contributed by atoms with E-state index in [1.54, 1.807) is 18.5 Å². The summed E-state index contributed by atoms with van der Waals surface area (Å²) in [6.07, 6.45) is 5.20. The van der Waals surface area contributed by atoms with Gasteiger partial charge < -0.3 is 5.32 Å². The maximum atomic E-state index is 12.1. The van der Waals surface area contributed by atoms with E-state index in [2.05, 4.69) is 27.1 Å². The van der Waals surface area contributed by atoms with E-state index in [0.717, 1.165) is 11.1 Å². The molecule has 0 saturated carbocycles. The number of hydrogen-bond donors (Lipinski definition) is 1. The summed E-state index contributed by atoms with van der Waals surface area (Å²) < 4.78 is 1.93. The van der Waals surface area contributed by atoms with Crippen LogP contribution in [0.15, 0.2) is 66.6 Å². The van der Waals surface area contributed by atoms with E-state index in [1.165, 1.54) is 11.8 Å². The lowest BCUT2D eigenvalue weighted by Gasteiger charge is -2.08. The largest absolute Gasteiger partial charge is 0.351 e. The molecule has 6 nitrogen and oxygen atoms in total. The summed E-state index contributed by atoms with van der Waals surface area (Å²) in [5, 5.41) is 12.7. The maximum absolute atomic E-state index is 12.1. The summed E-state index contributed by atoms with van der Waals surface area (Å²) in [4.78, 5) is 16.2. The van der Waals surface area contributed by atoms with Gasteiger partial charge in [0, 0.05) is 36.1 Å². The number of nitrogens with zero attached hydrogens (tertiary/aromatic N) is 4. The molecule has 0 fully saturated rings. The summed E-state index contributed by atoms with van der Waals surface area (Å²) in [6.45, 7) is 4.79. The number of thioether (sulfide) groups is 1. The van der Waals surface area contributed by atoms with Crippen LogP contribution >= 0.6 is 23.4 Å². The van der Waals surface area contributed by atoms with Gasteiger partial charge in [0.15, 0.2) is 11.0 Å². The monoisotopic (exact) mass is 399 g/mol. The molecule has 0 spiro atoms. The van der Waals surface area contributed by atoms with Crippen molar-refractivity contribution in [2.75, 3.05) is 5.75 Å². The van der Waals surface area contributed by atoms with Crippen LogP contribution in [0, 0.1) is 0 Å². The molecule has 1 N–H and O–H groups in total. The fourth-order valence-corrected chi connectivity index (χ4v) is 3.29. The highest BCUT2D eigenvalue weighted by Crippen LogP contribution is 2.25. The predicted molar refractivity (Wildman–Crippen MR) is 107 cm³/mol. The van der Waals surface area contributed by atoms with Crippen molar-refractivity contribution in [1.82, 2.24) is 25.1 Å². The van der Waals surface area contributed by atoms with E-state index in [9.17, 15) is 4.79 Å². The van der Waals surface area contributed by atoms with E-state index >= 15 is 0 Å². The van der Waals surface area contributed by atoms with Gasteiger partial charge >= 0.3 is 0 Å². The van der Waals surface area contributed by atoms with Gasteiger partial charge in [0.05, 0.1) is 5.75 Å². The molecule has 2 aromatic heterocycles. The number of rotatable bonds is 8. The van der Waals surface area contributed by atoms with Crippen LogP contribution in [0.25, 0.3) is 11.4 Å². The fourth-order valence-electron chi connectivity index (χ4n) is 2.39. The van der Waals surface area contributed by atoms with Crippen molar-refractivity contribution in [3.8, 4) is 11.4 Å². The number of halogens is 1. The van der Waals surface area contributed by atoms with Crippen LogP contribution in [0.4, 0.5) is 0 Å². The highest BCUT2D eigenvalue weighted by atomic mass is 35.5. The SMILES string of the molecule is C=CCn1c(SCC(=O)NCc2cccnc2)nnc1-c1ccc(Cl)cc1. The molecular weight excluding hydrogens is 382 g/mol. The first-order valence-corrected chi connectivity index (χ1v) is 9.62. The molecule has 0 aliphatic carbocycles. The van der Waals surface area contributed by atoms with Gasteiger partial charge in [-0.05, 0) is 35.9 Å². The predicted octanol–water partition coefficient (Wildman–Crippen LogP) is 3.59. The molecule has 0 aliphatic heterocycles. The molecule has 0 aliphatic rings. The van der Waals surface area contributed by atoms with Crippen molar-refractivity contribution >= 4 is 29.3 Å². The van der Waals surface area contributed by atoms with Gasteiger partial charge in [-0.15, -0.1) is 16.8 Å². The molecule has 0 saturated heterocycles. The Morgan fingerprint density at radius 1 is 1.26 bits per heavy atom. The number of carbonyl (C=O) groups is 1. The van der Waals surface area contributed by atoms with Gasteiger partial charge in [-0.3, -0.25) is 14.3 Å². The third-order valence-electron chi connectivity index (χ3n) is 3.68. The highest BCUT2D eigenvalue weighted by molar-refractivity contribution is 7.99. The zero-order chi connectivity index (χ0) is 19.1. The number of aromatic nitrogens is 4. The molecule has 8 heteroatoms. The molecule has 138 valence electrons. The summed E-state index contributed by atoms with van der Waals surface area (Å²) >= 11 is 7.29. The molecule has 0 radical (unpaired) electrons. The number of pyridine rings is 1. The van der Waals surface area contributed by atoms with Crippen molar-refractivity contribution in [2.45, 2.75) is 18.2 Å². The normalized spacial score (nSPS) is 10.6. The minimum absolute atomic E-state index is 0.0787. The van der Waals surface area contributed by atoms with E-state index < -0.39 is 0 Å².